The smallest absolute Gasteiger partial charge is 0.335 e. The highest BCUT2D eigenvalue weighted by molar-refractivity contribution is 5.93. The van der Waals surface area contributed by atoms with Crippen molar-refractivity contribution in [2.45, 2.75) is 13.0 Å². The fourth-order valence-electron chi connectivity index (χ4n) is 3.49. The first-order valence-corrected chi connectivity index (χ1v) is 8.84. The molecule has 29 heavy (non-hydrogen) atoms. The highest BCUT2D eigenvalue weighted by Gasteiger charge is 2.22. The number of benzene rings is 2. The summed E-state index contributed by atoms with van der Waals surface area (Å²) >= 11 is 0. The Kier molecular flexibility index (Phi) is 4.34. The maximum absolute atomic E-state index is 12.8. The minimum Gasteiger partial charge on any atom is -0.478 e. The molecule has 2 aromatic carbocycles. The third-order valence-corrected chi connectivity index (χ3v) is 4.92. The second-order valence-corrected chi connectivity index (χ2v) is 6.63. The molecule has 0 saturated carbocycles. The van der Waals surface area contributed by atoms with Gasteiger partial charge in [-0.15, -0.1) is 0 Å². The first-order chi connectivity index (χ1) is 13.9. The highest BCUT2D eigenvalue weighted by Crippen LogP contribution is 2.31. The van der Waals surface area contributed by atoms with Crippen LogP contribution in [0.15, 0.2) is 41.2 Å². The first kappa shape index (κ1) is 18.4. The van der Waals surface area contributed by atoms with Crippen LogP contribution in [0.1, 0.15) is 28.2 Å². The predicted octanol–water partition coefficient (Wildman–Crippen LogP) is 2.99. The van der Waals surface area contributed by atoms with Crippen LogP contribution in [0.25, 0.3) is 22.6 Å². The average molecular weight is 392 g/mol. The quantitative estimate of drug-likeness (QED) is 0.516. The largest absolute Gasteiger partial charge is 0.478 e. The number of allylic oxidation sites excluding steroid dienone is 1. The molecule has 0 bridgehead atoms. The standard InChI is InChI=1S/C20H16N4O5/c1-21-15-5-2-11(9-17(15)24(28)29)8-12-6-7-23-18(12)22-16-10-13(20(26)27)3-4-14(16)19(23)25/h2-5,8-10,21H,6-7H2,1H3,(H,26,27). The Morgan fingerprint density at radius 2 is 2.10 bits per heavy atom. The topological polar surface area (TPSA) is 127 Å². The molecule has 0 fully saturated rings. The summed E-state index contributed by atoms with van der Waals surface area (Å²) in [5, 5.41) is 23.6. The first-order valence-electron chi connectivity index (χ1n) is 8.84. The Balaban J connectivity index is 1.85. The van der Waals surface area contributed by atoms with Gasteiger partial charge in [-0.1, -0.05) is 6.07 Å². The fraction of sp³-hybridized carbons (Fsp3) is 0.150. The second kappa shape index (κ2) is 6.86. The zero-order valence-corrected chi connectivity index (χ0v) is 15.4. The number of nitro benzene ring substituents is 1. The molecule has 0 saturated heterocycles. The van der Waals surface area contributed by atoms with Crippen molar-refractivity contribution in [3.8, 4) is 0 Å². The van der Waals surface area contributed by atoms with Crippen molar-refractivity contribution in [2.75, 3.05) is 12.4 Å². The van der Waals surface area contributed by atoms with Gasteiger partial charge in [-0.05, 0) is 47.9 Å². The van der Waals surface area contributed by atoms with Gasteiger partial charge in [0, 0.05) is 19.7 Å². The Morgan fingerprint density at radius 1 is 1.31 bits per heavy atom. The van der Waals surface area contributed by atoms with Gasteiger partial charge in [-0.3, -0.25) is 19.5 Å². The van der Waals surface area contributed by atoms with Crippen LogP contribution in [-0.2, 0) is 6.54 Å². The van der Waals surface area contributed by atoms with E-state index in [1.54, 1.807) is 29.8 Å². The van der Waals surface area contributed by atoms with Crippen molar-refractivity contribution < 1.29 is 14.8 Å². The Labute approximate surface area is 164 Å². The van der Waals surface area contributed by atoms with Crippen molar-refractivity contribution >= 4 is 39.9 Å². The normalized spacial score (nSPS) is 14.2. The van der Waals surface area contributed by atoms with Crippen LogP contribution in [-0.4, -0.2) is 32.6 Å². The molecule has 0 amide bonds. The van der Waals surface area contributed by atoms with E-state index in [1.807, 2.05) is 0 Å². The van der Waals surface area contributed by atoms with Crippen LogP contribution >= 0.6 is 0 Å². The molecular formula is C20H16N4O5. The summed E-state index contributed by atoms with van der Waals surface area (Å²) in [7, 11) is 1.61. The number of nitro groups is 1. The van der Waals surface area contributed by atoms with E-state index in [4.69, 9.17) is 0 Å². The Hall–Kier alpha value is -4.01. The van der Waals surface area contributed by atoms with Crippen molar-refractivity contribution in [1.29, 1.82) is 0 Å². The van der Waals surface area contributed by atoms with Crippen molar-refractivity contribution in [2.24, 2.45) is 0 Å². The number of carboxylic acid groups (broad SMARTS) is 1. The van der Waals surface area contributed by atoms with Gasteiger partial charge in [0.15, 0.2) is 0 Å². The van der Waals surface area contributed by atoms with Gasteiger partial charge in [-0.2, -0.15) is 0 Å². The number of anilines is 1. The van der Waals surface area contributed by atoms with Gasteiger partial charge in [0.25, 0.3) is 11.2 Å². The maximum Gasteiger partial charge on any atom is 0.335 e. The van der Waals surface area contributed by atoms with Crippen molar-refractivity contribution in [3.63, 3.8) is 0 Å². The van der Waals surface area contributed by atoms with Gasteiger partial charge in [-0.25, -0.2) is 9.78 Å². The number of rotatable bonds is 4. The third kappa shape index (κ3) is 3.12. The molecule has 1 aromatic heterocycles. The Bertz CT molecular complexity index is 1280. The van der Waals surface area contributed by atoms with E-state index in [-0.39, 0.29) is 16.8 Å². The molecule has 9 nitrogen and oxygen atoms in total. The van der Waals surface area contributed by atoms with E-state index in [9.17, 15) is 24.8 Å². The lowest BCUT2D eigenvalue weighted by atomic mass is 10.1. The predicted molar refractivity (Wildman–Crippen MR) is 108 cm³/mol. The van der Waals surface area contributed by atoms with Gasteiger partial charge in [0.1, 0.15) is 11.5 Å². The summed E-state index contributed by atoms with van der Waals surface area (Å²) in [5.41, 5.74) is 1.87. The molecule has 2 heterocycles. The molecule has 3 aromatic rings. The lowest BCUT2D eigenvalue weighted by Crippen LogP contribution is -2.21. The van der Waals surface area contributed by atoms with E-state index >= 15 is 0 Å². The van der Waals surface area contributed by atoms with Crippen molar-refractivity contribution in [1.82, 2.24) is 9.55 Å². The minimum absolute atomic E-state index is 0.0465. The summed E-state index contributed by atoms with van der Waals surface area (Å²) < 4.78 is 1.55. The van der Waals surface area contributed by atoms with Gasteiger partial charge in [0.2, 0.25) is 0 Å². The summed E-state index contributed by atoms with van der Waals surface area (Å²) in [6.45, 7) is 0.445. The van der Waals surface area contributed by atoms with E-state index in [1.165, 1.54) is 24.3 Å². The number of carbonyl (C=O) groups is 1. The maximum atomic E-state index is 12.8. The van der Waals surface area contributed by atoms with Gasteiger partial charge < -0.3 is 10.4 Å². The molecule has 0 radical (unpaired) electrons. The van der Waals surface area contributed by atoms with Crippen LogP contribution in [0.4, 0.5) is 11.4 Å². The van der Waals surface area contributed by atoms with Gasteiger partial charge >= 0.3 is 5.97 Å². The van der Waals surface area contributed by atoms with Crippen LogP contribution in [0.5, 0.6) is 0 Å². The number of nitrogens with zero attached hydrogens (tertiary/aromatic N) is 3. The number of aromatic carboxylic acids is 1. The zero-order chi connectivity index (χ0) is 20.7. The molecule has 0 aliphatic carbocycles. The summed E-state index contributed by atoms with van der Waals surface area (Å²) in [5.74, 6) is -0.646. The molecule has 2 N–H and O–H groups in total. The zero-order valence-electron chi connectivity index (χ0n) is 15.4. The van der Waals surface area contributed by atoms with E-state index in [2.05, 4.69) is 10.3 Å². The molecule has 146 valence electrons. The number of carboxylic acids is 1. The van der Waals surface area contributed by atoms with E-state index < -0.39 is 10.9 Å². The average Bonchev–Trinajstić information content (AvgIpc) is 3.10. The number of fused-ring (bicyclic) bond motifs is 2. The van der Waals surface area contributed by atoms with Crippen LogP contribution < -0.4 is 10.9 Å². The van der Waals surface area contributed by atoms with Crippen molar-refractivity contribution in [3.05, 3.63) is 73.8 Å². The molecular weight excluding hydrogens is 376 g/mol. The minimum atomic E-state index is -1.10. The van der Waals surface area contributed by atoms with E-state index in [0.29, 0.717) is 40.9 Å². The molecule has 0 atom stereocenters. The fourth-order valence-corrected chi connectivity index (χ4v) is 3.49. The monoisotopic (exact) mass is 392 g/mol. The Morgan fingerprint density at radius 3 is 2.79 bits per heavy atom. The molecule has 0 spiro atoms. The molecule has 0 unspecified atom stereocenters. The summed E-state index contributed by atoms with van der Waals surface area (Å²) in [4.78, 5) is 39.3. The molecule has 4 rings (SSSR count). The number of aromatic nitrogens is 2. The number of hydrogen-bond acceptors (Lipinski definition) is 6. The van der Waals surface area contributed by atoms with Gasteiger partial charge in [0.05, 0.1) is 21.4 Å². The molecule has 1 aliphatic heterocycles. The molecule has 9 heteroatoms. The lowest BCUT2D eigenvalue weighted by Gasteiger charge is -2.07. The number of hydrogen-bond donors (Lipinski definition) is 2. The summed E-state index contributed by atoms with van der Waals surface area (Å²) in [6.07, 6.45) is 2.32. The van der Waals surface area contributed by atoms with Crippen LogP contribution in [0, 0.1) is 10.1 Å². The lowest BCUT2D eigenvalue weighted by molar-refractivity contribution is -0.383. The second-order valence-electron chi connectivity index (χ2n) is 6.63. The van der Waals surface area contributed by atoms with Crippen LogP contribution in [0.3, 0.4) is 0 Å². The highest BCUT2D eigenvalue weighted by atomic mass is 16.6. The summed E-state index contributed by atoms with van der Waals surface area (Å²) in [6, 6.07) is 9.07. The SMILES string of the molecule is CNc1ccc(C=C2CCn3c2nc2cc(C(=O)O)ccc2c3=O)cc1[N+](=O)[O-]. The van der Waals surface area contributed by atoms with E-state index in [0.717, 1.165) is 5.57 Å². The molecule has 1 aliphatic rings. The number of nitrogens with one attached hydrogen (secondary N) is 1. The third-order valence-electron chi connectivity index (χ3n) is 4.92. The van der Waals surface area contributed by atoms with Crippen LogP contribution in [0.2, 0.25) is 0 Å².